The second-order valence-electron chi connectivity index (χ2n) is 4.56. The summed E-state index contributed by atoms with van der Waals surface area (Å²) in [5.74, 6) is -1.37. The van der Waals surface area contributed by atoms with Crippen LogP contribution in [0.1, 0.15) is 6.42 Å². The first-order valence-corrected chi connectivity index (χ1v) is 6.00. The van der Waals surface area contributed by atoms with Gasteiger partial charge in [-0.15, -0.1) is 0 Å². The van der Waals surface area contributed by atoms with E-state index in [0.29, 0.717) is 26.2 Å². The van der Waals surface area contributed by atoms with Crippen molar-refractivity contribution in [1.82, 2.24) is 4.90 Å². The molecule has 0 aromatic heterocycles. The number of hydrogen-bond acceptors (Lipinski definition) is 4. The predicted octanol–water partition coefficient (Wildman–Crippen LogP) is 0.731. The third-order valence-electron chi connectivity index (χ3n) is 3.57. The van der Waals surface area contributed by atoms with Crippen LogP contribution in [0, 0.1) is 11.8 Å². The largest absolute Gasteiger partial charge is 0.481 e. The van der Waals surface area contributed by atoms with Crippen LogP contribution in [0.15, 0.2) is 12.7 Å². The summed E-state index contributed by atoms with van der Waals surface area (Å²) >= 11 is 0. The number of hydrogen-bond donors (Lipinski definition) is 1. The molecule has 2 aliphatic rings. The van der Waals surface area contributed by atoms with Crippen molar-refractivity contribution in [3.05, 3.63) is 12.7 Å². The number of ether oxygens (including phenoxy) is 2. The monoisotopic (exact) mass is 255 g/mol. The van der Waals surface area contributed by atoms with E-state index < -0.39 is 18.0 Å². The number of piperidine rings is 1. The maximum absolute atomic E-state index is 11.8. The first kappa shape index (κ1) is 12.9. The van der Waals surface area contributed by atoms with Gasteiger partial charge in [0.25, 0.3) is 0 Å². The first-order valence-electron chi connectivity index (χ1n) is 6.00. The molecule has 2 heterocycles. The molecule has 2 aliphatic heterocycles. The summed E-state index contributed by atoms with van der Waals surface area (Å²) in [7, 11) is 0. The van der Waals surface area contributed by atoms with E-state index >= 15 is 0 Å². The molecule has 0 bridgehead atoms. The van der Waals surface area contributed by atoms with Crippen LogP contribution >= 0.6 is 0 Å². The smallest absolute Gasteiger partial charge is 0.410 e. The van der Waals surface area contributed by atoms with Gasteiger partial charge in [-0.2, -0.15) is 0 Å². The van der Waals surface area contributed by atoms with E-state index in [9.17, 15) is 9.59 Å². The molecule has 3 atom stereocenters. The number of carboxylic acid groups (broad SMARTS) is 1. The number of amides is 1. The van der Waals surface area contributed by atoms with Crippen molar-refractivity contribution in [2.45, 2.75) is 12.5 Å². The Morgan fingerprint density at radius 3 is 2.94 bits per heavy atom. The minimum absolute atomic E-state index is 0.132. The molecule has 0 spiro atoms. The van der Waals surface area contributed by atoms with Gasteiger partial charge in [0.05, 0.1) is 25.2 Å². The Kier molecular flexibility index (Phi) is 3.86. The van der Waals surface area contributed by atoms with E-state index in [1.165, 1.54) is 6.08 Å². The second-order valence-corrected chi connectivity index (χ2v) is 4.56. The lowest BCUT2D eigenvalue weighted by atomic mass is 9.82. The topological polar surface area (TPSA) is 76.1 Å². The third-order valence-corrected chi connectivity index (χ3v) is 3.57. The number of nitrogens with zero attached hydrogens (tertiary/aromatic N) is 1. The van der Waals surface area contributed by atoms with Crippen LogP contribution in [0.2, 0.25) is 0 Å². The lowest BCUT2D eigenvalue weighted by Gasteiger charge is -2.38. The molecule has 0 aromatic carbocycles. The summed E-state index contributed by atoms with van der Waals surface area (Å²) in [5.41, 5.74) is 0. The fourth-order valence-corrected chi connectivity index (χ4v) is 2.67. The lowest BCUT2D eigenvalue weighted by Crippen LogP contribution is -2.53. The maximum Gasteiger partial charge on any atom is 0.410 e. The minimum Gasteiger partial charge on any atom is -0.481 e. The molecule has 2 fully saturated rings. The number of carbonyl (C=O) groups excluding carboxylic acids is 1. The molecule has 1 amide bonds. The molecule has 6 nitrogen and oxygen atoms in total. The van der Waals surface area contributed by atoms with E-state index in [2.05, 4.69) is 6.58 Å². The molecule has 1 N–H and O–H groups in total. The molecular formula is C12H17NO5. The molecule has 2 saturated heterocycles. The highest BCUT2D eigenvalue weighted by molar-refractivity contribution is 5.73. The van der Waals surface area contributed by atoms with Gasteiger partial charge in [-0.25, -0.2) is 4.79 Å². The van der Waals surface area contributed by atoms with Crippen molar-refractivity contribution in [2.75, 3.05) is 26.4 Å². The highest BCUT2D eigenvalue weighted by atomic mass is 16.6. The van der Waals surface area contributed by atoms with Crippen molar-refractivity contribution in [1.29, 1.82) is 0 Å². The van der Waals surface area contributed by atoms with Gasteiger partial charge >= 0.3 is 12.1 Å². The first-order chi connectivity index (χ1) is 8.65. The molecule has 0 unspecified atom stereocenters. The molecule has 0 aliphatic carbocycles. The molecule has 0 radical (unpaired) electrons. The van der Waals surface area contributed by atoms with Gasteiger partial charge in [-0.05, 0) is 6.42 Å². The number of aliphatic carboxylic acids is 1. The van der Waals surface area contributed by atoms with Crippen LogP contribution in [0.3, 0.4) is 0 Å². The Morgan fingerprint density at radius 2 is 2.28 bits per heavy atom. The van der Waals surface area contributed by atoms with Gasteiger partial charge in [0, 0.05) is 12.5 Å². The van der Waals surface area contributed by atoms with Crippen LogP contribution in [0.5, 0.6) is 0 Å². The Hall–Kier alpha value is -1.56. The van der Waals surface area contributed by atoms with Gasteiger partial charge in [-0.1, -0.05) is 12.7 Å². The zero-order valence-corrected chi connectivity index (χ0v) is 10.1. The standard InChI is InChI=1S/C12H17NO5/c1-2-5-18-12(16)13-4-3-8(11(14)15)9-6-17-7-10(9)13/h2,8-10H,1,3-7H2,(H,14,15)/t8-,9+,10-/m0/s1. The number of carboxylic acids is 1. The van der Waals surface area contributed by atoms with E-state index in [1.807, 2.05) is 0 Å². The van der Waals surface area contributed by atoms with Crippen LogP contribution < -0.4 is 0 Å². The summed E-state index contributed by atoms with van der Waals surface area (Å²) < 4.78 is 10.3. The minimum atomic E-state index is -0.811. The SMILES string of the molecule is C=CCOC(=O)N1CC[C@H](C(=O)O)[C@H]2COC[C@@H]21. The predicted molar refractivity (Wildman–Crippen MR) is 62.1 cm³/mol. The number of carbonyl (C=O) groups is 2. The molecule has 6 heteroatoms. The van der Waals surface area contributed by atoms with Crippen molar-refractivity contribution in [2.24, 2.45) is 11.8 Å². The Balaban J connectivity index is 2.05. The fourth-order valence-electron chi connectivity index (χ4n) is 2.67. The maximum atomic E-state index is 11.8. The van der Waals surface area contributed by atoms with Crippen LogP contribution in [-0.2, 0) is 14.3 Å². The second kappa shape index (κ2) is 5.39. The highest BCUT2D eigenvalue weighted by Gasteiger charge is 2.46. The summed E-state index contributed by atoms with van der Waals surface area (Å²) in [6.45, 7) is 4.83. The third kappa shape index (κ3) is 2.33. The lowest BCUT2D eigenvalue weighted by molar-refractivity contribution is -0.146. The molecule has 18 heavy (non-hydrogen) atoms. The molecule has 0 saturated carbocycles. The van der Waals surface area contributed by atoms with Crippen LogP contribution in [-0.4, -0.2) is 54.5 Å². The number of rotatable bonds is 3. The zero-order valence-electron chi connectivity index (χ0n) is 10.1. The Labute approximate surface area is 105 Å². The van der Waals surface area contributed by atoms with Crippen molar-refractivity contribution in [3.63, 3.8) is 0 Å². The number of likely N-dealkylation sites (tertiary alicyclic amines) is 1. The van der Waals surface area contributed by atoms with E-state index in [4.69, 9.17) is 14.6 Å². The Morgan fingerprint density at radius 1 is 1.50 bits per heavy atom. The summed E-state index contributed by atoms with van der Waals surface area (Å²) in [5, 5.41) is 9.15. The quantitative estimate of drug-likeness (QED) is 0.752. The van der Waals surface area contributed by atoms with Gasteiger partial charge < -0.3 is 19.5 Å². The fraction of sp³-hybridized carbons (Fsp3) is 0.667. The van der Waals surface area contributed by atoms with Crippen molar-refractivity contribution < 1.29 is 24.2 Å². The van der Waals surface area contributed by atoms with Crippen LogP contribution in [0.4, 0.5) is 4.79 Å². The van der Waals surface area contributed by atoms with Gasteiger partial charge in [0.2, 0.25) is 0 Å². The van der Waals surface area contributed by atoms with Crippen molar-refractivity contribution in [3.8, 4) is 0 Å². The molecule has 100 valence electrons. The molecular weight excluding hydrogens is 238 g/mol. The summed E-state index contributed by atoms with van der Waals surface area (Å²) in [4.78, 5) is 24.6. The summed E-state index contributed by atoms with van der Waals surface area (Å²) in [6.07, 6.45) is 1.53. The van der Waals surface area contributed by atoms with Gasteiger partial charge in [0.1, 0.15) is 6.61 Å². The number of fused-ring (bicyclic) bond motifs is 1. The zero-order chi connectivity index (χ0) is 13.1. The molecule has 2 rings (SSSR count). The molecule has 0 aromatic rings. The van der Waals surface area contributed by atoms with Gasteiger partial charge in [0.15, 0.2) is 0 Å². The Bertz CT molecular complexity index is 356. The van der Waals surface area contributed by atoms with E-state index in [-0.39, 0.29) is 18.6 Å². The highest BCUT2D eigenvalue weighted by Crippen LogP contribution is 2.34. The average Bonchev–Trinajstić information content (AvgIpc) is 2.83. The average molecular weight is 255 g/mol. The van der Waals surface area contributed by atoms with Gasteiger partial charge in [-0.3, -0.25) is 4.79 Å². The van der Waals surface area contributed by atoms with E-state index in [1.54, 1.807) is 4.90 Å². The van der Waals surface area contributed by atoms with Crippen molar-refractivity contribution >= 4 is 12.1 Å². The normalized spacial score (nSPS) is 30.7. The van der Waals surface area contributed by atoms with E-state index in [0.717, 1.165) is 0 Å². The van der Waals surface area contributed by atoms with Crippen LogP contribution in [0.25, 0.3) is 0 Å². The summed E-state index contributed by atoms with van der Waals surface area (Å²) in [6, 6.07) is -0.183.